The van der Waals surface area contributed by atoms with Gasteiger partial charge in [-0.2, -0.15) is 0 Å². The number of nitrogens with one attached hydrogen (secondary N) is 1. The molecular formula is C13H15N3O. The molecule has 0 atom stereocenters. The van der Waals surface area contributed by atoms with Gasteiger partial charge in [0.15, 0.2) is 0 Å². The quantitative estimate of drug-likeness (QED) is 0.855. The van der Waals surface area contributed by atoms with Crippen LogP contribution in [-0.4, -0.2) is 16.5 Å². The lowest BCUT2D eigenvalue weighted by Crippen LogP contribution is -2.11. The topological polar surface area (TPSA) is 47.0 Å². The highest BCUT2D eigenvalue weighted by molar-refractivity contribution is 5.25. The Labute approximate surface area is 101 Å². The van der Waals surface area contributed by atoms with Gasteiger partial charge < -0.3 is 10.1 Å². The van der Waals surface area contributed by atoms with E-state index in [2.05, 4.69) is 22.2 Å². The molecule has 0 aliphatic rings. The van der Waals surface area contributed by atoms with Crippen LogP contribution in [0.15, 0.2) is 42.9 Å². The van der Waals surface area contributed by atoms with Crippen LogP contribution < -0.4 is 10.1 Å². The number of rotatable bonds is 5. The second kappa shape index (κ2) is 5.96. The molecule has 2 rings (SSSR count). The van der Waals surface area contributed by atoms with Gasteiger partial charge in [-0.25, -0.2) is 4.98 Å². The Morgan fingerprint density at radius 1 is 1.24 bits per heavy atom. The molecule has 2 aromatic heterocycles. The number of hydrogen-bond donors (Lipinski definition) is 1. The van der Waals surface area contributed by atoms with E-state index in [-0.39, 0.29) is 0 Å². The van der Waals surface area contributed by atoms with E-state index in [9.17, 15) is 0 Å². The first-order chi connectivity index (χ1) is 8.38. The van der Waals surface area contributed by atoms with Gasteiger partial charge in [-0.3, -0.25) is 4.98 Å². The van der Waals surface area contributed by atoms with Crippen LogP contribution >= 0.6 is 0 Å². The van der Waals surface area contributed by atoms with Crippen LogP contribution in [0, 0.1) is 0 Å². The molecule has 88 valence electrons. The molecule has 0 bridgehead atoms. The molecule has 0 unspecified atom stereocenters. The van der Waals surface area contributed by atoms with Crippen molar-refractivity contribution in [3.8, 4) is 11.6 Å². The maximum atomic E-state index is 5.54. The van der Waals surface area contributed by atoms with Crippen LogP contribution in [0.4, 0.5) is 0 Å². The van der Waals surface area contributed by atoms with E-state index in [1.165, 1.54) is 0 Å². The second-order valence-corrected chi connectivity index (χ2v) is 3.58. The molecule has 0 aliphatic carbocycles. The molecule has 4 heteroatoms. The molecule has 2 heterocycles. The molecule has 0 fully saturated rings. The van der Waals surface area contributed by atoms with Crippen molar-refractivity contribution in [3.63, 3.8) is 0 Å². The zero-order chi connectivity index (χ0) is 11.9. The Morgan fingerprint density at radius 3 is 2.82 bits per heavy atom. The fourth-order valence-electron chi connectivity index (χ4n) is 1.37. The van der Waals surface area contributed by atoms with Crippen molar-refractivity contribution in [1.82, 2.24) is 15.3 Å². The number of nitrogens with zero attached hydrogens (tertiary/aromatic N) is 2. The van der Waals surface area contributed by atoms with Crippen molar-refractivity contribution >= 4 is 0 Å². The maximum Gasteiger partial charge on any atom is 0.219 e. The molecule has 0 amide bonds. The van der Waals surface area contributed by atoms with Crippen molar-refractivity contribution in [2.75, 3.05) is 6.54 Å². The van der Waals surface area contributed by atoms with E-state index in [1.54, 1.807) is 12.4 Å². The summed E-state index contributed by atoms with van der Waals surface area (Å²) in [7, 11) is 0. The van der Waals surface area contributed by atoms with E-state index >= 15 is 0 Å². The molecule has 0 aromatic carbocycles. The first-order valence-electron chi connectivity index (χ1n) is 5.62. The molecule has 0 saturated heterocycles. The predicted octanol–water partition coefficient (Wildman–Crippen LogP) is 2.38. The van der Waals surface area contributed by atoms with Gasteiger partial charge >= 0.3 is 0 Å². The molecule has 0 aliphatic heterocycles. The van der Waals surface area contributed by atoms with Crippen LogP contribution in [0.1, 0.15) is 12.5 Å². The lowest BCUT2D eigenvalue weighted by molar-refractivity contribution is 0.460. The summed E-state index contributed by atoms with van der Waals surface area (Å²) >= 11 is 0. The van der Waals surface area contributed by atoms with Gasteiger partial charge in [0.2, 0.25) is 5.88 Å². The standard InChI is InChI=1S/C13H15N3O/c1-2-14-8-11-5-6-13(16-9-11)17-12-4-3-7-15-10-12/h3-7,9-10,14H,2,8H2,1H3. The molecule has 0 spiro atoms. The summed E-state index contributed by atoms with van der Waals surface area (Å²) in [5, 5.41) is 3.24. The largest absolute Gasteiger partial charge is 0.437 e. The highest BCUT2D eigenvalue weighted by atomic mass is 16.5. The summed E-state index contributed by atoms with van der Waals surface area (Å²) in [5.74, 6) is 1.28. The van der Waals surface area contributed by atoms with Crippen LogP contribution in [-0.2, 0) is 6.54 Å². The smallest absolute Gasteiger partial charge is 0.219 e. The normalized spacial score (nSPS) is 10.2. The van der Waals surface area contributed by atoms with Gasteiger partial charge in [-0.1, -0.05) is 13.0 Å². The van der Waals surface area contributed by atoms with Crippen molar-refractivity contribution < 1.29 is 4.74 Å². The van der Waals surface area contributed by atoms with Crippen molar-refractivity contribution in [3.05, 3.63) is 48.4 Å². The Kier molecular flexibility index (Phi) is 4.05. The summed E-state index contributed by atoms with van der Waals surface area (Å²) in [6.45, 7) is 3.86. The van der Waals surface area contributed by atoms with E-state index in [4.69, 9.17) is 4.74 Å². The van der Waals surface area contributed by atoms with Crippen molar-refractivity contribution in [2.45, 2.75) is 13.5 Å². The molecule has 0 saturated carbocycles. The highest BCUT2D eigenvalue weighted by Gasteiger charge is 1.98. The molecule has 2 aromatic rings. The molecule has 17 heavy (non-hydrogen) atoms. The highest BCUT2D eigenvalue weighted by Crippen LogP contribution is 2.17. The Balaban J connectivity index is 1.98. The number of hydrogen-bond acceptors (Lipinski definition) is 4. The minimum Gasteiger partial charge on any atom is -0.437 e. The van der Waals surface area contributed by atoms with Gasteiger partial charge in [-0.15, -0.1) is 0 Å². The van der Waals surface area contributed by atoms with Gasteiger partial charge in [0, 0.05) is 25.0 Å². The Morgan fingerprint density at radius 2 is 2.18 bits per heavy atom. The fraction of sp³-hybridized carbons (Fsp3) is 0.231. The third-order valence-corrected chi connectivity index (χ3v) is 2.23. The zero-order valence-electron chi connectivity index (χ0n) is 9.76. The number of pyridine rings is 2. The second-order valence-electron chi connectivity index (χ2n) is 3.58. The summed E-state index contributed by atoms with van der Waals surface area (Å²) in [6.07, 6.45) is 5.18. The SMILES string of the molecule is CCNCc1ccc(Oc2cccnc2)nc1. The summed E-state index contributed by atoms with van der Waals surface area (Å²) in [4.78, 5) is 8.21. The molecule has 0 radical (unpaired) electrons. The fourth-order valence-corrected chi connectivity index (χ4v) is 1.37. The molecular weight excluding hydrogens is 214 g/mol. The number of aromatic nitrogens is 2. The van der Waals surface area contributed by atoms with E-state index in [0.717, 1.165) is 18.7 Å². The van der Waals surface area contributed by atoms with E-state index in [0.29, 0.717) is 11.6 Å². The number of ether oxygens (including phenoxy) is 1. The van der Waals surface area contributed by atoms with Crippen molar-refractivity contribution in [1.29, 1.82) is 0 Å². The average Bonchev–Trinajstić information content (AvgIpc) is 2.39. The van der Waals surface area contributed by atoms with Gasteiger partial charge in [0.05, 0.1) is 6.20 Å². The van der Waals surface area contributed by atoms with E-state index in [1.807, 2.05) is 30.5 Å². The van der Waals surface area contributed by atoms with Gasteiger partial charge in [-0.05, 0) is 24.2 Å². The third kappa shape index (κ3) is 3.53. The minimum atomic E-state index is 0.582. The van der Waals surface area contributed by atoms with Crippen molar-refractivity contribution in [2.24, 2.45) is 0 Å². The Bertz CT molecular complexity index is 442. The van der Waals surface area contributed by atoms with Crippen LogP contribution in [0.3, 0.4) is 0 Å². The van der Waals surface area contributed by atoms with Gasteiger partial charge in [0.1, 0.15) is 5.75 Å². The monoisotopic (exact) mass is 229 g/mol. The summed E-state index contributed by atoms with van der Waals surface area (Å²) in [6, 6.07) is 7.54. The first kappa shape index (κ1) is 11.5. The predicted molar refractivity (Wildman–Crippen MR) is 65.9 cm³/mol. The van der Waals surface area contributed by atoms with Crippen LogP contribution in [0.25, 0.3) is 0 Å². The Hall–Kier alpha value is -1.94. The average molecular weight is 229 g/mol. The van der Waals surface area contributed by atoms with Crippen LogP contribution in [0.5, 0.6) is 11.6 Å². The lowest BCUT2D eigenvalue weighted by Gasteiger charge is -2.05. The lowest BCUT2D eigenvalue weighted by atomic mass is 10.3. The zero-order valence-corrected chi connectivity index (χ0v) is 9.76. The first-order valence-corrected chi connectivity index (χ1v) is 5.62. The van der Waals surface area contributed by atoms with E-state index < -0.39 is 0 Å². The third-order valence-electron chi connectivity index (χ3n) is 2.23. The molecule has 1 N–H and O–H groups in total. The maximum absolute atomic E-state index is 5.54. The molecule has 4 nitrogen and oxygen atoms in total. The summed E-state index contributed by atoms with van der Waals surface area (Å²) < 4.78 is 5.54. The van der Waals surface area contributed by atoms with Crippen LogP contribution in [0.2, 0.25) is 0 Å². The van der Waals surface area contributed by atoms with Gasteiger partial charge in [0.25, 0.3) is 0 Å². The summed E-state index contributed by atoms with van der Waals surface area (Å²) in [5.41, 5.74) is 1.14. The minimum absolute atomic E-state index is 0.582.